The van der Waals surface area contributed by atoms with Gasteiger partial charge in [-0.05, 0) is 11.6 Å². The number of nitrogens with one attached hydrogen (secondary N) is 2. The van der Waals surface area contributed by atoms with E-state index in [-0.39, 0.29) is 24.0 Å². The highest BCUT2D eigenvalue weighted by molar-refractivity contribution is 14.0. The minimum absolute atomic E-state index is 0. The van der Waals surface area contributed by atoms with E-state index in [1.165, 1.54) is 0 Å². The Morgan fingerprint density at radius 3 is 2.46 bits per heavy atom. The first kappa shape index (κ1) is 20.3. The molecule has 0 radical (unpaired) electrons. The molecule has 0 atom stereocenters. The van der Waals surface area contributed by atoms with E-state index < -0.39 is 0 Å². The molecular formula is C19H20ClIN4O. The summed E-state index contributed by atoms with van der Waals surface area (Å²) < 4.78 is 5.39. The molecular weight excluding hydrogens is 463 g/mol. The molecule has 3 rings (SSSR count). The second kappa shape index (κ2) is 10.2. The van der Waals surface area contributed by atoms with Crippen molar-refractivity contribution < 1.29 is 4.52 Å². The lowest BCUT2D eigenvalue weighted by molar-refractivity contribution is 0.422. The average molecular weight is 483 g/mol. The van der Waals surface area contributed by atoms with Gasteiger partial charge in [-0.25, -0.2) is 0 Å². The Morgan fingerprint density at radius 1 is 1.04 bits per heavy atom. The molecule has 0 aliphatic rings. The number of halogens is 2. The minimum atomic E-state index is 0. The quantitative estimate of drug-likeness (QED) is 0.320. The summed E-state index contributed by atoms with van der Waals surface area (Å²) in [7, 11) is 1.72. The van der Waals surface area contributed by atoms with Gasteiger partial charge in [0.15, 0.2) is 11.7 Å². The zero-order chi connectivity index (χ0) is 17.5. The van der Waals surface area contributed by atoms with E-state index >= 15 is 0 Å². The van der Waals surface area contributed by atoms with Gasteiger partial charge in [0.25, 0.3) is 0 Å². The first-order valence-electron chi connectivity index (χ1n) is 7.95. The van der Waals surface area contributed by atoms with Crippen molar-refractivity contribution in [3.05, 3.63) is 76.9 Å². The van der Waals surface area contributed by atoms with Gasteiger partial charge in [-0.3, -0.25) is 4.99 Å². The second-order valence-electron chi connectivity index (χ2n) is 5.42. The van der Waals surface area contributed by atoms with Gasteiger partial charge in [-0.15, -0.1) is 24.0 Å². The number of aliphatic imine (C=N–C) groups is 1. The minimum Gasteiger partial charge on any atom is -0.356 e. The molecule has 2 aromatic carbocycles. The summed E-state index contributed by atoms with van der Waals surface area (Å²) in [5, 5.41) is 11.3. The van der Waals surface area contributed by atoms with Crippen molar-refractivity contribution in [1.82, 2.24) is 15.8 Å². The van der Waals surface area contributed by atoms with E-state index in [0.29, 0.717) is 19.0 Å². The van der Waals surface area contributed by atoms with Crippen molar-refractivity contribution in [1.29, 1.82) is 0 Å². The van der Waals surface area contributed by atoms with Gasteiger partial charge in [0.2, 0.25) is 0 Å². The number of hydrogen-bond acceptors (Lipinski definition) is 3. The fourth-order valence-electron chi connectivity index (χ4n) is 2.35. The van der Waals surface area contributed by atoms with Gasteiger partial charge in [-0.2, -0.15) is 0 Å². The fourth-order valence-corrected chi connectivity index (χ4v) is 2.55. The Hall–Kier alpha value is -2.06. The van der Waals surface area contributed by atoms with Crippen molar-refractivity contribution in [3.8, 4) is 11.3 Å². The molecule has 0 saturated carbocycles. The lowest BCUT2D eigenvalue weighted by atomic mass is 10.2. The molecule has 0 aliphatic carbocycles. The first-order valence-corrected chi connectivity index (χ1v) is 8.33. The van der Waals surface area contributed by atoms with E-state index in [1.54, 1.807) is 7.05 Å². The summed E-state index contributed by atoms with van der Waals surface area (Å²) in [6, 6.07) is 19.5. The van der Waals surface area contributed by atoms with E-state index in [0.717, 1.165) is 27.6 Å². The van der Waals surface area contributed by atoms with Crippen LogP contribution in [0.2, 0.25) is 5.02 Å². The normalized spacial score (nSPS) is 10.9. The molecule has 3 aromatic rings. The maximum absolute atomic E-state index is 6.16. The summed E-state index contributed by atoms with van der Waals surface area (Å²) >= 11 is 6.16. The molecule has 0 unspecified atom stereocenters. The van der Waals surface area contributed by atoms with Crippen LogP contribution in [0, 0.1) is 0 Å². The molecule has 7 heteroatoms. The molecule has 1 aromatic heterocycles. The number of guanidine groups is 1. The van der Waals surface area contributed by atoms with Crippen LogP contribution in [0.1, 0.15) is 11.3 Å². The summed E-state index contributed by atoms with van der Waals surface area (Å²) in [5.41, 5.74) is 2.82. The molecule has 0 amide bonds. The van der Waals surface area contributed by atoms with Gasteiger partial charge < -0.3 is 15.2 Å². The Kier molecular flexibility index (Phi) is 7.93. The SMILES string of the molecule is CN=C(NCc1cc(-c2ccccc2)on1)NCc1ccccc1Cl.I. The first-order chi connectivity index (χ1) is 12.3. The predicted octanol–water partition coefficient (Wildman–Crippen LogP) is 4.48. The van der Waals surface area contributed by atoms with Crippen LogP contribution in [-0.2, 0) is 13.1 Å². The fraction of sp³-hybridized carbons (Fsp3) is 0.158. The van der Waals surface area contributed by atoms with E-state index in [1.807, 2.05) is 60.7 Å². The number of benzene rings is 2. The number of hydrogen-bond donors (Lipinski definition) is 2. The standard InChI is InChI=1S/C19H19ClN4O.HI/c1-21-19(22-12-15-9-5-6-10-17(15)20)23-13-16-11-18(25-24-16)14-7-3-2-4-8-14;/h2-11H,12-13H2,1H3,(H2,21,22,23);1H. The molecule has 2 N–H and O–H groups in total. The maximum Gasteiger partial charge on any atom is 0.191 e. The van der Waals surface area contributed by atoms with Crippen LogP contribution in [0.15, 0.2) is 70.2 Å². The van der Waals surface area contributed by atoms with Crippen molar-refractivity contribution >= 4 is 41.5 Å². The third kappa shape index (κ3) is 5.47. The van der Waals surface area contributed by atoms with Gasteiger partial charge in [-0.1, -0.05) is 65.3 Å². The van der Waals surface area contributed by atoms with Gasteiger partial charge >= 0.3 is 0 Å². The van der Waals surface area contributed by atoms with Crippen LogP contribution in [-0.4, -0.2) is 18.2 Å². The Labute approximate surface area is 174 Å². The van der Waals surface area contributed by atoms with E-state index in [2.05, 4.69) is 20.8 Å². The van der Waals surface area contributed by atoms with Crippen molar-refractivity contribution in [2.75, 3.05) is 7.05 Å². The molecule has 0 saturated heterocycles. The van der Waals surface area contributed by atoms with Crippen LogP contribution in [0.4, 0.5) is 0 Å². The smallest absolute Gasteiger partial charge is 0.191 e. The van der Waals surface area contributed by atoms with E-state index in [9.17, 15) is 0 Å². The molecule has 0 fully saturated rings. The number of aromatic nitrogens is 1. The summed E-state index contributed by atoms with van der Waals surface area (Å²) in [6.45, 7) is 1.10. The highest BCUT2D eigenvalue weighted by Crippen LogP contribution is 2.19. The highest BCUT2D eigenvalue weighted by atomic mass is 127. The molecule has 0 aliphatic heterocycles. The van der Waals surface area contributed by atoms with E-state index in [4.69, 9.17) is 16.1 Å². The largest absolute Gasteiger partial charge is 0.356 e. The van der Waals surface area contributed by atoms with Crippen LogP contribution in [0.5, 0.6) is 0 Å². The zero-order valence-electron chi connectivity index (χ0n) is 14.3. The van der Waals surface area contributed by atoms with Crippen LogP contribution < -0.4 is 10.6 Å². The molecule has 0 spiro atoms. The summed E-state index contributed by atoms with van der Waals surface area (Å²) in [4.78, 5) is 4.21. The summed E-state index contributed by atoms with van der Waals surface area (Å²) in [6.07, 6.45) is 0. The molecule has 1 heterocycles. The molecule has 5 nitrogen and oxygen atoms in total. The number of nitrogens with zero attached hydrogens (tertiary/aromatic N) is 2. The van der Waals surface area contributed by atoms with Gasteiger partial charge in [0, 0.05) is 30.2 Å². The predicted molar refractivity (Wildman–Crippen MR) is 116 cm³/mol. The monoisotopic (exact) mass is 482 g/mol. The van der Waals surface area contributed by atoms with Crippen molar-refractivity contribution in [2.24, 2.45) is 4.99 Å². The molecule has 26 heavy (non-hydrogen) atoms. The third-order valence-corrected chi connectivity index (χ3v) is 4.05. The Balaban J connectivity index is 0.00000243. The topological polar surface area (TPSA) is 62.5 Å². The van der Waals surface area contributed by atoms with Crippen molar-refractivity contribution in [3.63, 3.8) is 0 Å². The Morgan fingerprint density at radius 2 is 1.73 bits per heavy atom. The third-order valence-electron chi connectivity index (χ3n) is 3.68. The van der Waals surface area contributed by atoms with Crippen LogP contribution >= 0.6 is 35.6 Å². The lowest BCUT2D eigenvalue weighted by Gasteiger charge is -2.11. The van der Waals surface area contributed by atoms with Gasteiger partial charge in [0.05, 0.1) is 6.54 Å². The van der Waals surface area contributed by atoms with Crippen LogP contribution in [0.25, 0.3) is 11.3 Å². The van der Waals surface area contributed by atoms with Crippen molar-refractivity contribution in [2.45, 2.75) is 13.1 Å². The Bertz CT molecular complexity index is 852. The van der Waals surface area contributed by atoms with Gasteiger partial charge in [0.1, 0.15) is 5.69 Å². The average Bonchev–Trinajstić information content (AvgIpc) is 3.13. The maximum atomic E-state index is 6.16. The highest BCUT2D eigenvalue weighted by Gasteiger charge is 2.07. The van der Waals surface area contributed by atoms with Crippen LogP contribution in [0.3, 0.4) is 0 Å². The molecule has 136 valence electrons. The zero-order valence-corrected chi connectivity index (χ0v) is 17.4. The second-order valence-corrected chi connectivity index (χ2v) is 5.83. The molecule has 0 bridgehead atoms. The summed E-state index contributed by atoms with van der Waals surface area (Å²) in [5.74, 6) is 1.42. The number of rotatable bonds is 5. The lowest BCUT2D eigenvalue weighted by Crippen LogP contribution is -2.36.